The first-order chi connectivity index (χ1) is 7.77. The van der Waals surface area contributed by atoms with Gasteiger partial charge in [-0.3, -0.25) is 10.1 Å². The zero-order chi connectivity index (χ0) is 11.8. The van der Waals surface area contributed by atoms with Crippen molar-refractivity contribution in [1.29, 1.82) is 0 Å². The van der Waals surface area contributed by atoms with Crippen LogP contribution in [-0.2, 0) is 4.79 Å². The zero-order valence-corrected chi connectivity index (χ0v) is 9.94. The first-order valence-electron chi connectivity index (χ1n) is 5.85. The van der Waals surface area contributed by atoms with E-state index in [-0.39, 0.29) is 11.8 Å². The van der Waals surface area contributed by atoms with E-state index in [2.05, 4.69) is 22.2 Å². The standard InChI is InChI=1S/C12H19N3O/c1-3-5-7-10(4-2)11(16)15-12-13-8-6-9-14-12/h6,8-10H,3-5,7H2,1-2H3,(H,13,14,15,16). The summed E-state index contributed by atoms with van der Waals surface area (Å²) in [5, 5.41) is 2.74. The second kappa shape index (κ2) is 6.93. The quantitative estimate of drug-likeness (QED) is 0.803. The van der Waals surface area contributed by atoms with E-state index in [1.165, 1.54) is 0 Å². The van der Waals surface area contributed by atoms with Crippen molar-refractivity contribution in [1.82, 2.24) is 9.97 Å². The Bertz CT molecular complexity index is 313. The molecule has 1 aromatic heterocycles. The van der Waals surface area contributed by atoms with Gasteiger partial charge < -0.3 is 0 Å². The van der Waals surface area contributed by atoms with Gasteiger partial charge in [0.05, 0.1) is 0 Å². The number of rotatable bonds is 6. The molecule has 0 bridgehead atoms. The number of carbonyl (C=O) groups is 1. The molecule has 0 radical (unpaired) electrons. The third kappa shape index (κ3) is 3.96. The second-order valence-electron chi connectivity index (χ2n) is 3.81. The number of nitrogens with zero attached hydrogens (tertiary/aromatic N) is 2. The summed E-state index contributed by atoms with van der Waals surface area (Å²) >= 11 is 0. The van der Waals surface area contributed by atoms with Crippen LogP contribution in [0.2, 0.25) is 0 Å². The number of unbranched alkanes of at least 4 members (excludes halogenated alkanes) is 1. The molecule has 1 unspecified atom stereocenters. The molecule has 4 heteroatoms. The maximum absolute atomic E-state index is 11.9. The largest absolute Gasteiger partial charge is 0.294 e. The van der Waals surface area contributed by atoms with Gasteiger partial charge in [0.1, 0.15) is 0 Å². The number of nitrogens with one attached hydrogen (secondary N) is 1. The molecule has 0 aliphatic rings. The molecule has 1 amide bonds. The third-order valence-electron chi connectivity index (χ3n) is 2.57. The van der Waals surface area contributed by atoms with E-state index >= 15 is 0 Å². The van der Waals surface area contributed by atoms with Gasteiger partial charge in [-0.2, -0.15) is 0 Å². The fourth-order valence-corrected chi connectivity index (χ4v) is 1.55. The molecule has 0 saturated carbocycles. The van der Waals surface area contributed by atoms with Crippen LogP contribution in [0.25, 0.3) is 0 Å². The van der Waals surface area contributed by atoms with Crippen LogP contribution in [0, 0.1) is 5.92 Å². The second-order valence-corrected chi connectivity index (χ2v) is 3.81. The highest BCUT2D eigenvalue weighted by Gasteiger charge is 2.16. The lowest BCUT2D eigenvalue weighted by atomic mass is 9.99. The van der Waals surface area contributed by atoms with Crippen LogP contribution in [0.3, 0.4) is 0 Å². The molecular weight excluding hydrogens is 202 g/mol. The van der Waals surface area contributed by atoms with E-state index in [0.29, 0.717) is 5.95 Å². The van der Waals surface area contributed by atoms with Crippen molar-refractivity contribution in [2.24, 2.45) is 5.92 Å². The van der Waals surface area contributed by atoms with Crippen LogP contribution in [0.5, 0.6) is 0 Å². The van der Waals surface area contributed by atoms with Gasteiger partial charge in [0, 0.05) is 18.3 Å². The lowest BCUT2D eigenvalue weighted by Gasteiger charge is -2.13. The van der Waals surface area contributed by atoms with Crippen molar-refractivity contribution in [3.63, 3.8) is 0 Å². The summed E-state index contributed by atoms with van der Waals surface area (Å²) in [7, 11) is 0. The van der Waals surface area contributed by atoms with Gasteiger partial charge in [0.15, 0.2) is 0 Å². The smallest absolute Gasteiger partial charge is 0.229 e. The minimum atomic E-state index is 0.0298. The fourth-order valence-electron chi connectivity index (χ4n) is 1.55. The average molecular weight is 221 g/mol. The number of hydrogen-bond donors (Lipinski definition) is 1. The summed E-state index contributed by atoms with van der Waals surface area (Å²) in [6.07, 6.45) is 7.24. The van der Waals surface area contributed by atoms with Gasteiger partial charge in [-0.25, -0.2) is 9.97 Å². The molecule has 0 aliphatic heterocycles. The Morgan fingerprint density at radius 2 is 2.06 bits per heavy atom. The normalized spacial score (nSPS) is 12.1. The number of carbonyl (C=O) groups excluding carboxylic acids is 1. The molecule has 0 saturated heterocycles. The molecule has 0 aromatic carbocycles. The van der Waals surface area contributed by atoms with E-state index in [4.69, 9.17) is 0 Å². The van der Waals surface area contributed by atoms with Crippen molar-refractivity contribution in [3.05, 3.63) is 18.5 Å². The molecular formula is C12H19N3O. The number of aromatic nitrogens is 2. The molecule has 1 atom stereocenters. The molecule has 0 spiro atoms. The highest BCUT2D eigenvalue weighted by Crippen LogP contribution is 2.14. The Hall–Kier alpha value is -1.45. The average Bonchev–Trinajstić information content (AvgIpc) is 2.31. The molecule has 1 rings (SSSR count). The Kier molecular flexibility index (Phi) is 5.46. The lowest BCUT2D eigenvalue weighted by molar-refractivity contribution is -0.120. The Balaban J connectivity index is 2.49. The van der Waals surface area contributed by atoms with Gasteiger partial charge in [-0.05, 0) is 18.9 Å². The van der Waals surface area contributed by atoms with Crippen molar-refractivity contribution in [2.75, 3.05) is 5.32 Å². The van der Waals surface area contributed by atoms with E-state index in [1.807, 2.05) is 6.92 Å². The summed E-state index contributed by atoms with van der Waals surface area (Å²) in [6, 6.07) is 1.73. The molecule has 4 nitrogen and oxygen atoms in total. The molecule has 1 N–H and O–H groups in total. The van der Waals surface area contributed by atoms with Crippen LogP contribution in [0.1, 0.15) is 39.5 Å². The molecule has 0 aliphatic carbocycles. The van der Waals surface area contributed by atoms with Crippen LogP contribution in [0.15, 0.2) is 18.5 Å². The zero-order valence-electron chi connectivity index (χ0n) is 9.94. The van der Waals surface area contributed by atoms with Crippen molar-refractivity contribution in [3.8, 4) is 0 Å². The number of hydrogen-bond acceptors (Lipinski definition) is 3. The molecule has 1 aromatic rings. The Morgan fingerprint density at radius 1 is 1.38 bits per heavy atom. The van der Waals surface area contributed by atoms with Gasteiger partial charge in [-0.1, -0.05) is 26.7 Å². The molecule has 16 heavy (non-hydrogen) atoms. The molecule has 1 heterocycles. The van der Waals surface area contributed by atoms with Crippen LogP contribution < -0.4 is 5.32 Å². The fraction of sp³-hybridized carbons (Fsp3) is 0.583. The van der Waals surface area contributed by atoms with E-state index < -0.39 is 0 Å². The summed E-state index contributed by atoms with van der Waals surface area (Å²) in [5.74, 6) is 0.494. The van der Waals surface area contributed by atoms with Gasteiger partial charge >= 0.3 is 0 Å². The van der Waals surface area contributed by atoms with Gasteiger partial charge in [-0.15, -0.1) is 0 Å². The van der Waals surface area contributed by atoms with E-state index in [9.17, 15) is 4.79 Å². The summed E-state index contributed by atoms with van der Waals surface area (Å²) in [6.45, 7) is 4.16. The highest BCUT2D eigenvalue weighted by molar-refractivity contribution is 5.90. The van der Waals surface area contributed by atoms with Crippen LogP contribution in [0.4, 0.5) is 5.95 Å². The number of anilines is 1. The SMILES string of the molecule is CCCCC(CC)C(=O)Nc1ncccn1. The van der Waals surface area contributed by atoms with E-state index in [1.54, 1.807) is 18.5 Å². The molecule has 0 fully saturated rings. The Morgan fingerprint density at radius 3 is 2.62 bits per heavy atom. The topological polar surface area (TPSA) is 54.9 Å². The van der Waals surface area contributed by atoms with Gasteiger partial charge in [0.25, 0.3) is 0 Å². The molecule has 88 valence electrons. The lowest BCUT2D eigenvalue weighted by Crippen LogP contribution is -2.23. The first-order valence-corrected chi connectivity index (χ1v) is 5.85. The predicted octanol–water partition coefficient (Wildman–Crippen LogP) is 2.63. The van der Waals surface area contributed by atoms with Crippen LogP contribution in [-0.4, -0.2) is 15.9 Å². The monoisotopic (exact) mass is 221 g/mol. The van der Waals surface area contributed by atoms with Gasteiger partial charge in [0.2, 0.25) is 11.9 Å². The van der Waals surface area contributed by atoms with E-state index in [0.717, 1.165) is 25.7 Å². The summed E-state index contributed by atoms with van der Waals surface area (Å²) < 4.78 is 0. The minimum Gasteiger partial charge on any atom is -0.294 e. The summed E-state index contributed by atoms with van der Waals surface area (Å²) in [5.41, 5.74) is 0. The van der Waals surface area contributed by atoms with Crippen molar-refractivity contribution < 1.29 is 4.79 Å². The van der Waals surface area contributed by atoms with Crippen LogP contribution >= 0.6 is 0 Å². The predicted molar refractivity (Wildman–Crippen MR) is 64.0 cm³/mol. The maximum atomic E-state index is 11.9. The van der Waals surface area contributed by atoms with Crippen molar-refractivity contribution in [2.45, 2.75) is 39.5 Å². The highest BCUT2D eigenvalue weighted by atomic mass is 16.2. The maximum Gasteiger partial charge on any atom is 0.229 e. The third-order valence-corrected chi connectivity index (χ3v) is 2.57. The minimum absolute atomic E-state index is 0.0298. The number of amides is 1. The Labute approximate surface area is 96.5 Å². The first kappa shape index (κ1) is 12.6. The summed E-state index contributed by atoms with van der Waals surface area (Å²) in [4.78, 5) is 19.8. The van der Waals surface area contributed by atoms with Crippen molar-refractivity contribution >= 4 is 11.9 Å².